The van der Waals surface area contributed by atoms with Gasteiger partial charge in [0.05, 0.1) is 0 Å². The molecule has 1 N–H and O–H groups in total. The predicted molar refractivity (Wildman–Crippen MR) is 93.3 cm³/mol. The maximum absolute atomic E-state index is 4.00. The Bertz CT molecular complexity index is 234. The first-order chi connectivity index (χ1) is 9.53. The van der Waals surface area contributed by atoms with Crippen LogP contribution in [0.15, 0.2) is 12.2 Å². The summed E-state index contributed by atoms with van der Waals surface area (Å²) in [6.07, 6.45) is 11.9. The van der Waals surface area contributed by atoms with E-state index in [4.69, 9.17) is 0 Å². The highest BCUT2D eigenvalue weighted by Crippen LogP contribution is 2.21. The van der Waals surface area contributed by atoms with E-state index in [1.165, 1.54) is 56.9 Å². The van der Waals surface area contributed by atoms with Crippen molar-refractivity contribution in [3.05, 3.63) is 12.2 Å². The second-order valence-corrected chi connectivity index (χ2v) is 6.67. The summed E-state index contributed by atoms with van der Waals surface area (Å²) >= 11 is 0. The van der Waals surface area contributed by atoms with Crippen molar-refractivity contribution in [3.8, 4) is 0 Å². The number of unbranched alkanes of at least 4 members (excludes halogenated alkanes) is 2. The third-order valence-electron chi connectivity index (χ3n) is 4.43. The SMILES string of the molecule is C=C(C)CCC(C)NC(CC)CC(CC)CCCCC. The molecule has 0 bridgehead atoms. The topological polar surface area (TPSA) is 12.0 Å². The zero-order valence-corrected chi connectivity index (χ0v) is 14.8. The molecule has 0 fully saturated rings. The maximum atomic E-state index is 4.00. The van der Waals surface area contributed by atoms with Crippen molar-refractivity contribution in [2.75, 3.05) is 0 Å². The van der Waals surface area contributed by atoms with Gasteiger partial charge in [0.2, 0.25) is 0 Å². The quantitative estimate of drug-likeness (QED) is 0.318. The van der Waals surface area contributed by atoms with E-state index in [2.05, 4.69) is 46.5 Å². The summed E-state index contributed by atoms with van der Waals surface area (Å²) in [6, 6.07) is 1.31. The largest absolute Gasteiger partial charge is 0.311 e. The van der Waals surface area contributed by atoms with Gasteiger partial charge in [-0.1, -0.05) is 58.4 Å². The van der Waals surface area contributed by atoms with Crippen LogP contribution in [0.1, 0.15) is 92.4 Å². The van der Waals surface area contributed by atoms with Crippen molar-refractivity contribution in [2.24, 2.45) is 5.92 Å². The van der Waals surface area contributed by atoms with Crippen molar-refractivity contribution in [3.63, 3.8) is 0 Å². The highest BCUT2D eigenvalue weighted by atomic mass is 14.9. The van der Waals surface area contributed by atoms with Crippen molar-refractivity contribution in [1.82, 2.24) is 5.32 Å². The summed E-state index contributed by atoms with van der Waals surface area (Å²) in [7, 11) is 0. The second kappa shape index (κ2) is 12.4. The zero-order chi connectivity index (χ0) is 15.4. The molecule has 20 heavy (non-hydrogen) atoms. The van der Waals surface area contributed by atoms with Crippen LogP contribution in [0.3, 0.4) is 0 Å². The van der Waals surface area contributed by atoms with E-state index < -0.39 is 0 Å². The van der Waals surface area contributed by atoms with Gasteiger partial charge in [0.25, 0.3) is 0 Å². The fourth-order valence-corrected chi connectivity index (χ4v) is 2.88. The zero-order valence-electron chi connectivity index (χ0n) is 14.8. The Morgan fingerprint density at radius 1 is 1.05 bits per heavy atom. The number of nitrogens with one attached hydrogen (secondary N) is 1. The number of hydrogen-bond donors (Lipinski definition) is 1. The molecule has 0 aliphatic carbocycles. The van der Waals surface area contributed by atoms with Gasteiger partial charge in [0, 0.05) is 12.1 Å². The Kier molecular flexibility index (Phi) is 12.3. The highest BCUT2D eigenvalue weighted by molar-refractivity contribution is 4.89. The van der Waals surface area contributed by atoms with Gasteiger partial charge in [0.15, 0.2) is 0 Å². The summed E-state index contributed by atoms with van der Waals surface area (Å²) in [6.45, 7) is 15.4. The first-order valence-electron chi connectivity index (χ1n) is 8.93. The van der Waals surface area contributed by atoms with Gasteiger partial charge in [0.1, 0.15) is 0 Å². The lowest BCUT2D eigenvalue weighted by atomic mass is 9.90. The summed E-state index contributed by atoms with van der Waals surface area (Å²) in [5.41, 5.74) is 1.30. The Morgan fingerprint density at radius 2 is 1.75 bits per heavy atom. The molecule has 0 heterocycles. The van der Waals surface area contributed by atoms with E-state index >= 15 is 0 Å². The molecule has 0 aliphatic rings. The minimum absolute atomic E-state index is 0.616. The third-order valence-corrected chi connectivity index (χ3v) is 4.43. The van der Waals surface area contributed by atoms with Crippen LogP contribution in [0, 0.1) is 5.92 Å². The van der Waals surface area contributed by atoms with Gasteiger partial charge >= 0.3 is 0 Å². The van der Waals surface area contributed by atoms with E-state index in [0.717, 1.165) is 12.3 Å². The molecule has 0 spiro atoms. The molecule has 0 aromatic carbocycles. The molecule has 0 aliphatic heterocycles. The Morgan fingerprint density at radius 3 is 2.25 bits per heavy atom. The van der Waals surface area contributed by atoms with Gasteiger partial charge < -0.3 is 5.32 Å². The first kappa shape index (κ1) is 19.7. The van der Waals surface area contributed by atoms with E-state index in [0.29, 0.717) is 12.1 Å². The van der Waals surface area contributed by atoms with Crippen molar-refractivity contribution < 1.29 is 0 Å². The summed E-state index contributed by atoms with van der Waals surface area (Å²) in [5, 5.41) is 3.84. The van der Waals surface area contributed by atoms with Crippen LogP contribution in [0.5, 0.6) is 0 Å². The van der Waals surface area contributed by atoms with Gasteiger partial charge in [-0.3, -0.25) is 0 Å². The van der Waals surface area contributed by atoms with Crippen LogP contribution in [-0.4, -0.2) is 12.1 Å². The standard InChI is InChI=1S/C19H39N/c1-7-10-11-12-18(8-2)15-19(9-3)20-17(6)14-13-16(4)5/h17-20H,4,7-15H2,1-3,5-6H3. The minimum atomic E-state index is 0.616. The fraction of sp³-hybridized carbons (Fsp3) is 0.895. The molecule has 0 amide bonds. The van der Waals surface area contributed by atoms with Crippen LogP contribution < -0.4 is 5.32 Å². The molecule has 1 nitrogen and oxygen atoms in total. The number of allylic oxidation sites excluding steroid dienone is 1. The molecule has 120 valence electrons. The minimum Gasteiger partial charge on any atom is -0.311 e. The molecule has 0 radical (unpaired) electrons. The van der Waals surface area contributed by atoms with Crippen LogP contribution >= 0.6 is 0 Å². The Labute approximate surface area is 128 Å². The monoisotopic (exact) mass is 281 g/mol. The molecule has 3 atom stereocenters. The van der Waals surface area contributed by atoms with Crippen LogP contribution in [0.25, 0.3) is 0 Å². The predicted octanol–water partition coefficient (Wildman–Crippen LogP) is 6.10. The van der Waals surface area contributed by atoms with Crippen molar-refractivity contribution in [1.29, 1.82) is 0 Å². The van der Waals surface area contributed by atoms with E-state index in [-0.39, 0.29) is 0 Å². The highest BCUT2D eigenvalue weighted by Gasteiger charge is 2.15. The summed E-state index contributed by atoms with van der Waals surface area (Å²) < 4.78 is 0. The van der Waals surface area contributed by atoms with Gasteiger partial charge in [-0.05, 0) is 45.4 Å². The van der Waals surface area contributed by atoms with Crippen molar-refractivity contribution >= 4 is 0 Å². The molecule has 0 aromatic heterocycles. The lowest BCUT2D eigenvalue weighted by Gasteiger charge is -2.26. The maximum Gasteiger partial charge on any atom is 0.00695 e. The normalized spacial score (nSPS) is 15.8. The molecule has 0 rings (SSSR count). The van der Waals surface area contributed by atoms with Gasteiger partial charge in [-0.25, -0.2) is 0 Å². The third kappa shape index (κ3) is 10.5. The average Bonchev–Trinajstić information content (AvgIpc) is 2.43. The molecule has 3 unspecified atom stereocenters. The van der Waals surface area contributed by atoms with E-state index in [1.54, 1.807) is 0 Å². The average molecular weight is 282 g/mol. The Hall–Kier alpha value is -0.300. The smallest absolute Gasteiger partial charge is 0.00695 e. The lowest BCUT2D eigenvalue weighted by Crippen LogP contribution is -2.37. The summed E-state index contributed by atoms with van der Waals surface area (Å²) in [5.74, 6) is 0.910. The molecular weight excluding hydrogens is 242 g/mol. The van der Waals surface area contributed by atoms with Crippen LogP contribution in [-0.2, 0) is 0 Å². The van der Waals surface area contributed by atoms with Crippen LogP contribution in [0.4, 0.5) is 0 Å². The van der Waals surface area contributed by atoms with Gasteiger partial charge in [-0.2, -0.15) is 0 Å². The van der Waals surface area contributed by atoms with Gasteiger partial charge in [-0.15, -0.1) is 6.58 Å². The molecule has 1 heteroatoms. The molecule has 0 saturated carbocycles. The lowest BCUT2D eigenvalue weighted by molar-refractivity contribution is 0.318. The number of rotatable bonds is 13. The molecular formula is C19H39N. The summed E-state index contributed by atoms with van der Waals surface area (Å²) in [4.78, 5) is 0. The molecule has 0 saturated heterocycles. The van der Waals surface area contributed by atoms with Crippen molar-refractivity contribution in [2.45, 2.75) is 104 Å². The first-order valence-corrected chi connectivity index (χ1v) is 8.93. The molecule has 0 aromatic rings. The van der Waals surface area contributed by atoms with E-state index in [1.807, 2.05) is 0 Å². The Balaban J connectivity index is 4.05. The number of hydrogen-bond acceptors (Lipinski definition) is 1. The second-order valence-electron chi connectivity index (χ2n) is 6.67. The van der Waals surface area contributed by atoms with E-state index in [9.17, 15) is 0 Å². The van der Waals surface area contributed by atoms with Crippen LogP contribution in [0.2, 0.25) is 0 Å². The fourth-order valence-electron chi connectivity index (χ4n) is 2.88.